The van der Waals surface area contributed by atoms with E-state index in [0.29, 0.717) is 13.0 Å². The molecule has 72 valence electrons. The van der Waals surface area contributed by atoms with Crippen LogP contribution >= 0.6 is 0 Å². The van der Waals surface area contributed by atoms with Gasteiger partial charge in [0.25, 0.3) is 0 Å². The molecule has 1 aromatic rings. The summed E-state index contributed by atoms with van der Waals surface area (Å²) in [5.41, 5.74) is -0.0448. The molecule has 0 radical (unpaired) electrons. The molecule has 0 unspecified atom stereocenters. The number of hydrogen-bond donors (Lipinski definition) is 0. The molecular weight excluding hydrogens is 181 g/mol. The number of rotatable bonds is 4. The minimum atomic E-state index is -0.552. The van der Waals surface area contributed by atoms with Gasteiger partial charge in [-0.15, -0.1) is 6.58 Å². The molecule has 1 rings (SSSR count). The molecule has 3 heteroatoms. The third-order valence-corrected chi connectivity index (χ3v) is 1.67. The Labute approximate surface area is 82.2 Å². The van der Waals surface area contributed by atoms with Gasteiger partial charge in [-0.3, -0.25) is 0 Å². The molecule has 0 bridgehead atoms. The van der Waals surface area contributed by atoms with Crippen LogP contribution in [0.5, 0.6) is 5.75 Å². The number of halogens is 1. The van der Waals surface area contributed by atoms with Gasteiger partial charge in [-0.2, -0.15) is 5.26 Å². The van der Waals surface area contributed by atoms with Crippen molar-refractivity contribution in [1.82, 2.24) is 0 Å². The summed E-state index contributed by atoms with van der Waals surface area (Å²) in [6.45, 7) is 3.94. The first-order valence-corrected chi connectivity index (χ1v) is 4.22. The van der Waals surface area contributed by atoms with E-state index in [9.17, 15) is 4.39 Å². The molecule has 0 amide bonds. The molecule has 0 atom stereocenters. The van der Waals surface area contributed by atoms with E-state index >= 15 is 0 Å². The zero-order chi connectivity index (χ0) is 10.4. The lowest BCUT2D eigenvalue weighted by Crippen LogP contribution is -1.98. The summed E-state index contributed by atoms with van der Waals surface area (Å²) in [5.74, 6) is -0.266. The minimum Gasteiger partial charge on any atom is -0.492 e. The molecule has 0 aliphatic rings. The molecule has 0 fully saturated rings. The zero-order valence-electron chi connectivity index (χ0n) is 7.66. The highest BCUT2D eigenvalue weighted by molar-refractivity contribution is 5.43. The fraction of sp³-hybridized carbons (Fsp3) is 0.182. The predicted octanol–water partition coefficient (Wildman–Crippen LogP) is 2.65. The summed E-state index contributed by atoms with van der Waals surface area (Å²) in [4.78, 5) is 0. The predicted molar refractivity (Wildman–Crippen MR) is 51.4 cm³/mol. The summed E-state index contributed by atoms with van der Waals surface area (Å²) in [6, 6.07) is 6.09. The van der Waals surface area contributed by atoms with Crippen LogP contribution in [-0.2, 0) is 0 Å². The van der Waals surface area contributed by atoms with Crippen molar-refractivity contribution in [3.8, 4) is 11.8 Å². The van der Waals surface area contributed by atoms with E-state index in [1.165, 1.54) is 12.1 Å². The van der Waals surface area contributed by atoms with Crippen molar-refractivity contribution in [2.24, 2.45) is 0 Å². The molecule has 0 N–H and O–H groups in total. The molecule has 0 spiro atoms. The lowest BCUT2D eigenvalue weighted by molar-refractivity contribution is 0.322. The van der Waals surface area contributed by atoms with Crippen molar-refractivity contribution in [2.45, 2.75) is 6.42 Å². The number of ether oxygens (including phenoxy) is 1. The van der Waals surface area contributed by atoms with Gasteiger partial charge < -0.3 is 4.74 Å². The zero-order valence-corrected chi connectivity index (χ0v) is 7.66. The molecule has 1 aromatic carbocycles. The Morgan fingerprint density at radius 2 is 2.36 bits per heavy atom. The quantitative estimate of drug-likeness (QED) is 0.541. The van der Waals surface area contributed by atoms with Gasteiger partial charge in [0.2, 0.25) is 0 Å². The van der Waals surface area contributed by atoms with Crippen molar-refractivity contribution in [1.29, 1.82) is 5.26 Å². The highest BCUT2D eigenvalue weighted by Crippen LogP contribution is 2.20. The van der Waals surface area contributed by atoms with E-state index < -0.39 is 5.82 Å². The first-order chi connectivity index (χ1) is 6.79. The first-order valence-electron chi connectivity index (χ1n) is 4.22. The second kappa shape index (κ2) is 5.03. The normalized spacial score (nSPS) is 9.14. The third-order valence-electron chi connectivity index (χ3n) is 1.67. The molecular formula is C11H10FNO. The smallest absolute Gasteiger partial charge is 0.144 e. The van der Waals surface area contributed by atoms with Crippen molar-refractivity contribution >= 4 is 0 Å². The van der Waals surface area contributed by atoms with Crippen LogP contribution in [0.4, 0.5) is 4.39 Å². The van der Waals surface area contributed by atoms with Gasteiger partial charge in [0, 0.05) is 0 Å². The van der Waals surface area contributed by atoms with Gasteiger partial charge in [-0.05, 0) is 18.6 Å². The number of hydrogen-bond acceptors (Lipinski definition) is 2. The number of nitrogens with zero attached hydrogens (tertiary/aromatic N) is 1. The van der Waals surface area contributed by atoms with Crippen LogP contribution in [0.15, 0.2) is 30.9 Å². The average Bonchev–Trinajstić information content (AvgIpc) is 2.18. The van der Waals surface area contributed by atoms with Crippen molar-refractivity contribution in [2.75, 3.05) is 6.61 Å². The lowest BCUT2D eigenvalue weighted by Gasteiger charge is -2.06. The first kappa shape index (κ1) is 10.3. The third kappa shape index (κ3) is 2.33. The average molecular weight is 191 g/mol. The SMILES string of the molecule is C=CCCOc1cccc(F)c1C#N. The molecule has 2 nitrogen and oxygen atoms in total. The molecule has 14 heavy (non-hydrogen) atoms. The van der Waals surface area contributed by atoms with Gasteiger partial charge in [0.1, 0.15) is 23.2 Å². The van der Waals surface area contributed by atoms with E-state index in [1.54, 1.807) is 18.2 Å². The topological polar surface area (TPSA) is 33.0 Å². The van der Waals surface area contributed by atoms with Crippen LogP contribution in [0.2, 0.25) is 0 Å². The highest BCUT2D eigenvalue weighted by Gasteiger charge is 2.07. The molecule has 0 aliphatic heterocycles. The fourth-order valence-electron chi connectivity index (χ4n) is 0.985. The monoisotopic (exact) mass is 191 g/mol. The Hall–Kier alpha value is -1.82. The largest absolute Gasteiger partial charge is 0.492 e. The summed E-state index contributed by atoms with van der Waals surface area (Å²) < 4.78 is 18.3. The standard InChI is InChI=1S/C11H10FNO/c1-2-3-7-14-11-6-4-5-10(12)9(11)8-13/h2,4-6H,1,3,7H2. The molecule has 0 aliphatic carbocycles. The van der Waals surface area contributed by atoms with Crippen LogP contribution in [0.3, 0.4) is 0 Å². The molecule has 0 saturated heterocycles. The van der Waals surface area contributed by atoms with Crippen LogP contribution in [0, 0.1) is 17.1 Å². The second-order valence-electron chi connectivity index (χ2n) is 2.65. The van der Waals surface area contributed by atoms with Crippen LogP contribution in [0.25, 0.3) is 0 Å². The maximum absolute atomic E-state index is 13.0. The molecule has 0 saturated carbocycles. The van der Waals surface area contributed by atoms with Crippen molar-refractivity contribution < 1.29 is 9.13 Å². The minimum absolute atomic E-state index is 0.0448. The van der Waals surface area contributed by atoms with Gasteiger partial charge in [0.05, 0.1) is 6.61 Å². The van der Waals surface area contributed by atoms with E-state index in [-0.39, 0.29) is 11.3 Å². The van der Waals surface area contributed by atoms with Gasteiger partial charge in [-0.1, -0.05) is 12.1 Å². The van der Waals surface area contributed by atoms with Gasteiger partial charge >= 0.3 is 0 Å². The van der Waals surface area contributed by atoms with E-state index in [2.05, 4.69) is 6.58 Å². The Kier molecular flexibility index (Phi) is 3.69. The Morgan fingerprint density at radius 1 is 1.57 bits per heavy atom. The molecule has 0 aromatic heterocycles. The fourth-order valence-corrected chi connectivity index (χ4v) is 0.985. The highest BCUT2D eigenvalue weighted by atomic mass is 19.1. The number of nitriles is 1. The Morgan fingerprint density at radius 3 is 3.00 bits per heavy atom. The van der Waals surface area contributed by atoms with Crippen LogP contribution < -0.4 is 4.74 Å². The van der Waals surface area contributed by atoms with E-state index in [0.717, 1.165) is 0 Å². The van der Waals surface area contributed by atoms with Crippen molar-refractivity contribution in [3.63, 3.8) is 0 Å². The van der Waals surface area contributed by atoms with Gasteiger partial charge in [0.15, 0.2) is 0 Å². The summed E-state index contributed by atoms with van der Waals surface area (Å²) >= 11 is 0. The summed E-state index contributed by atoms with van der Waals surface area (Å²) in [7, 11) is 0. The second-order valence-corrected chi connectivity index (χ2v) is 2.65. The Balaban J connectivity index is 2.81. The van der Waals surface area contributed by atoms with Crippen molar-refractivity contribution in [3.05, 3.63) is 42.2 Å². The Bertz CT molecular complexity index is 368. The maximum Gasteiger partial charge on any atom is 0.144 e. The summed E-state index contributed by atoms with van der Waals surface area (Å²) in [5, 5.41) is 8.67. The number of benzene rings is 1. The summed E-state index contributed by atoms with van der Waals surface area (Å²) in [6.07, 6.45) is 2.37. The van der Waals surface area contributed by atoms with E-state index in [1.807, 2.05) is 0 Å². The molecule has 0 heterocycles. The maximum atomic E-state index is 13.0. The van der Waals surface area contributed by atoms with Crippen LogP contribution in [0.1, 0.15) is 12.0 Å². The van der Waals surface area contributed by atoms with Crippen LogP contribution in [-0.4, -0.2) is 6.61 Å². The van der Waals surface area contributed by atoms with E-state index in [4.69, 9.17) is 10.00 Å². The lowest BCUT2D eigenvalue weighted by atomic mass is 10.2. The van der Waals surface area contributed by atoms with Gasteiger partial charge in [-0.25, -0.2) is 4.39 Å².